The molecule has 1 aromatic rings. The lowest BCUT2D eigenvalue weighted by atomic mass is 10.1. The van der Waals surface area contributed by atoms with Crippen LogP contribution in [0.2, 0.25) is 0 Å². The number of hydrogen-bond acceptors (Lipinski definition) is 2. The van der Waals surface area contributed by atoms with Gasteiger partial charge in [0.05, 0.1) is 6.61 Å². The second-order valence-electron chi connectivity index (χ2n) is 4.17. The van der Waals surface area contributed by atoms with Crippen molar-refractivity contribution in [3.63, 3.8) is 0 Å². The maximum atomic E-state index is 6.01. The molecule has 0 heterocycles. The van der Waals surface area contributed by atoms with Gasteiger partial charge in [-0.2, -0.15) is 0 Å². The monoisotopic (exact) mass is 205 g/mol. The van der Waals surface area contributed by atoms with E-state index in [1.54, 1.807) is 0 Å². The first-order valence-electron chi connectivity index (χ1n) is 5.83. The molecule has 1 unspecified atom stereocenters. The van der Waals surface area contributed by atoms with E-state index in [9.17, 15) is 0 Å². The van der Waals surface area contributed by atoms with Gasteiger partial charge in [-0.25, -0.2) is 0 Å². The third-order valence-electron chi connectivity index (χ3n) is 3.03. The largest absolute Gasteiger partial charge is 0.493 e. The SMILES string of the molecule is CCCCOc1cccc2c1CCC2N. The first-order chi connectivity index (χ1) is 7.33. The van der Waals surface area contributed by atoms with Gasteiger partial charge >= 0.3 is 0 Å². The van der Waals surface area contributed by atoms with E-state index in [1.165, 1.54) is 17.5 Å². The predicted molar refractivity (Wildman–Crippen MR) is 62.1 cm³/mol. The van der Waals surface area contributed by atoms with Crippen LogP contribution in [-0.4, -0.2) is 6.61 Å². The van der Waals surface area contributed by atoms with Gasteiger partial charge in [0, 0.05) is 6.04 Å². The summed E-state index contributed by atoms with van der Waals surface area (Å²) in [5.74, 6) is 1.05. The molecular formula is C13H19NO. The van der Waals surface area contributed by atoms with Gasteiger partial charge in [-0.05, 0) is 36.5 Å². The summed E-state index contributed by atoms with van der Waals surface area (Å²) in [6.07, 6.45) is 4.42. The lowest BCUT2D eigenvalue weighted by Crippen LogP contribution is -2.05. The Kier molecular flexibility index (Phi) is 3.27. The average Bonchev–Trinajstić information content (AvgIpc) is 2.62. The maximum absolute atomic E-state index is 6.01. The van der Waals surface area contributed by atoms with Crippen molar-refractivity contribution >= 4 is 0 Å². The van der Waals surface area contributed by atoms with E-state index in [-0.39, 0.29) is 6.04 Å². The molecule has 15 heavy (non-hydrogen) atoms. The fourth-order valence-corrected chi connectivity index (χ4v) is 2.11. The van der Waals surface area contributed by atoms with E-state index < -0.39 is 0 Å². The van der Waals surface area contributed by atoms with Crippen LogP contribution in [0.15, 0.2) is 18.2 Å². The third kappa shape index (κ3) is 2.15. The summed E-state index contributed by atoms with van der Waals surface area (Å²) in [6.45, 7) is 3.00. The summed E-state index contributed by atoms with van der Waals surface area (Å²) in [6, 6.07) is 6.45. The second-order valence-corrected chi connectivity index (χ2v) is 4.17. The van der Waals surface area contributed by atoms with Crippen LogP contribution in [0.25, 0.3) is 0 Å². The highest BCUT2D eigenvalue weighted by atomic mass is 16.5. The topological polar surface area (TPSA) is 35.2 Å². The minimum absolute atomic E-state index is 0.217. The van der Waals surface area contributed by atoms with Crippen LogP contribution in [0.3, 0.4) is 0 Å². The molecule has 82 valence electrons. The smallest absolute Gasteiger partial charge is 0.122 e. The highest BCUT2D eigenvalue weighted by molar-refractivity contribution is 5.44. The summed E-state index contributed by atoms with van der Waals surface area (Å²) >= 11 is 0. The van der Waals surface area contributed by atoms with Crippen molar-refractivity contribution in [3.05, 3.63) is 29.3 Å². The van der Waals surface area contributed by atoms with Gasteiger partial charge in [-0.3, -0.25) is 0 Å². The first kappa shape index (κ1) is 10.5. The van der Waals surface area contributed by atoms with Crippen molar-refractivity contribution in [2.75, 3.05) is 6.61 Å². The Labute approximate surface area is 91.4 Å². The summed E-state index contributed by atoms with van der Waals surface area (Å²) in [4.78, 5) is 0. The lowest BCUT2D eigenvalue weighted by Gasteiger charge is -2.11. The Morgan fingerprint density at radius 1 is 1.47 bits per heavy atom. The van der Waals surface area contributed by atoms with E-state index in [0.717, 1.165) is 31.6 Å². The quantitative estimate of drug-likeness (QED) is 0.767. The lowest BCUT2D eigenvalue weighted by molar-refractivity contribution is 0.306. The van der Waals surface area contributed by atoms with E-state index in [2.05, 4.69) is 19.1 Å². The average molecular weight is 205 g/mol. The number of fused-ring (bicyclic) bond motifs is 1. The summed E-state index contributed by atoms with van der Waals surface area (Å²) in [5.41, 5.74) is 8.63. The van der Waals surface area contributed by atoms with Gasteiger partial charge in [0.1, 0.15) is 5.75 Å². The van der Waals surface area contributed by atoms with Crippen LogP contribution in [0, 0.1) is 0 Å². The number of hydrogen-bond donors (Lipinski definition) is 1. The molecule has 0 bridgehead atoms. The Morgan fingerprint density at radius 2 is 2.33 bits per heavy atom. The zero-order chi connectivity index (χ0) is 10.7. The molecule has 0 aromatic heterocycles. The molecule has 2 rings (SSSR count). The predicted octanol–water partition coefficient (Wildman–Crippen LogP) is 2.81. The Hall–Kier alpha value is -1.02. The van der Waals surface area contributed by atoms with E-state index in [1.807, 2.05) is 6.07 Å². The van der Waals surface area contributed by atoms with Crippen LogP contribution in [0.5, 0.6) is 5.75 Å². The number of rotatable bonds is 4. The molecule has 2 N–H and O–H groups in total. The molecule has 2 heteroatoms. The number of nitrogens with two attached hydrogens (primary N) is 1. The zero-order valence-electron chi connectivity index (χ0n) is 9.33. The van der Waals surface area contributed by atoms with Gasteiger partial charge in [0.25, 0.3) is 0 Å². The normalized spacial score (nSPS) is 18.9. The summed E-state index contributed by atoms with van der Waals surface area (Å²) in [7, 11) is 0. The molecule has 1 aliphatic rings. The molecule has 0 spiro atoms. The van der Waals surface area contributed by atoms with Gasteiger partial charge in [0.15, 0.2) is 0 Å². The Bertz CT molecular complexity index is 335. The molecule has 2 nitrogen and oxygen atoms in total. The van der Waals surface area contributed by atoms with E-state index in [4.69, 9.17) is 10.5 Å². The number of ether oxygens (including phenoxy) is 1. The fraction of sp³-hybridized carbons (Fsp3) is 0.538. The van der Waals surface area contributed by atoms with Gasteiger partial charge in [-0.1, -0.05) is 25.5 Å². The molecule has 0 fully saturated rings. The molecule has 1 aliphatic carbocycles. The van der Waals surface area contributed by atoms with Gasteiger partial charge in [0.2, 0.25) is 0 Å². The highest BCUT2D eigenvalue weighted by Crippen LogP contribution is 2.35. The minimum Gasteiger partial charge on any atom is -0.493 e. The van der Waals surface area contributed by atoms with Crippen LogP contribution >= 0.6 is 0 Å². The number of unbranched alkanes of at least 4 members (excludes halogenated alkanes) is 1. The van der Waals surface area contributed by atoms with Crippen molar-refractivity contribution < 1.29 is 4.74 Å². The fourth-order valence-electron chi connectivity index (χ4n) is 2.11. The molecular weight excluding hydrogens is 186 g/mol. The summed E-state index contributed by atoms with van der Waals surface area (Å²) < 4.78 is 5.78. The first-order valence-corrected chi connectivity index (χ1v) is 5.83. The van der Waals surface area contributed by atoms with Crippen molar-refractivity contribution in [1.82, 2.24) is 0 Å². The van der Waals surface area contributed by atoms with Crippen molar-refractivity contribution in [2.24, 2.45) is 5.73 Å². The molecule has 0 amide bonds. The molecule has 1 aromatic carbocycles. The van der Waals surface area contributed by atoms with Crippen LogP contribution in [-0.2, 0) is 6.42 Å². The van der Waals surface area contributed by atoms with E-state index in [0.29, 0.717) is 0 Å². The number of benzene rings is 1. The standard InChI is InChI=1S/C13H19NO/c1-2-3-9-15-13-6-4-5-10-11(13)7-8-12(10)14/h4-6,12H,2-3,7-9,14H2,1H3. The van der Waals surface area contributed by atoms with Crippen LogP contribution in [0.1, 0.15) is 43.4 Å². The van der Waals surface area contributed by atoms with Crippen molar-refractivity contribution in [1.29, 1.82) is 0 Å². The molecule has 0 radical (unpaired) electrons. The molecule has 0 aliphatic heterocycles. The zero-order valence-corrected chi connectivity index (χ0v) is 9.33. The Balaban J connectivity index is 2.12. The second kappa shape index (κ2) is 4.67. The maximum Gasteiger partial charge on any atom is 0.122 e. The van der Waals surface area contributed by atoms with E-state index >= 15 is 0 Å². The minimum atomic E-state index is 0.217. The third-order valence-corrected chi connectivity index (χ3v) is 3.03. The summed E-state index contributed by atoms with van der Waals surface area (Å²) in [5, 5.41) is 0. The van der Waals surface area contributed by atoms with Crippen molar-refractivity contribution in [2.45, 2.75) is 38.6 Å². The molecule has 1 atom stereocenters. The van der Waals surface area contributed by atoms with Gasteiger partial charge < -0.3 is 10.5 Å². The molecule has 0 saturated heterocycles. The van der Waals surface area contributed by atoms with Gasteiger partial charge in [-0.15, -0.1) is 0 Å². The van der Waals surface area contributed by atoms with Crippen LogP contribution < -0.4 is 10.5 Å². The molecule has 0 saturated carbocycles. The highest BCUT2D eigenvalue weighted by Gasteiger charge is 2.21. The Morgan fingerprint density at radius 3 is 3.13 bits per heavy atom. The van der Waals surface area contributed by atoms with Crippen molar-refractivity contribution in [3.8, 4) is 5.75 Å². The van der Waals surface area contributed by atoms with Crippen LogP contribution in [0.4, 0.5) is 0 Å².